The number of ether oxygens (including phenoxy) is 2. The minimum absolute atomic E-state index is 0.128. The van der Waals surface area contributed by atoms with Crippen molar-refractivity contribution in [3.63, 3.8) is 0 Å². The number of hydrogen-bond acceptors (Lipinski definition) is 4. The maximum Gasteiger partial charge on any atom is 0.163 e. The van der Waals surface area contributed by atoms with Crippen LogP contribution in [0.2, 0.25) is 0 Å². The molecule has 1 aliphatic heterocycles. The molecule has 0 saturated carbocycles. The molecule has 15 heavy (non-hydrogen) atoms. The van der Waals surface area contributed by atoms with E-state index < -0.39 is 18.0 Å². The lowest BCUT2D eigenvalue weighted by Gasteiger charge is -2.26. The number of aliphatic hydroxyl groups is 2. The van der Waals surface area contributed by atoms with Crippen LogP contribution in [0.1, 0.15) is 20.8 Å². The van der Waals surface area contributed by atoms with Crippen molar-refractivity contribution >= 4 is 0 Å². The normalized spacial score (nSPS) is 28.7. The van der Waals surface area contributed by atoms with Gasteiger partial charge in [0.05, 0.1) is 19.3 Å². The van der Waals surface area contributed by atoms with Crippen LogP contribution >= 0.6 is 0 Å². The van der Waals surface area contributed by atoms with Crippen molar-refractivity contribution in [2.45, 2.75) is 38.8 Å². The van der Waals surface area contributed by atoms with Crippen LogP contribution in [0.15, 0.2) is 12.2 Å². The van der Waals surface area contributed by atoms with Crippen molar-refractivity contribution < 1.29 is 19.7 Å². The monoisotopic (exact) mass is 216 g/mol. The van der Waals surface area contributed by atoms with E-state index in [1.165, 1.54) is 0 Å². The molecule has 0 spiro atoms. The third-order valence-electron chi connectivity index (χ3n) is 2.65. The lowest BCUT2D eigenvalue weighted by Crippen LogP contribution is -2.38. The zero-order valence-electron chi connectivity index (χ0n) is 9.56. The Morgan fingerprint density at radius 2 is 2.20 bits per heavy atom. The molecule has 0 bridgehead atoms. The van der Waals surface area contributed by atoms with Crippen LogP contribution in [-0.2, 0) is 9.47 Å². The standard InChI is InChI=1S/C11H20O4/c1-7(2)8(5-12)10(13)9-6-14-11(3,4)15-9/h8-10,12-13H,1,5-6H2,2-4H3/t8-,9-,10+/m1/s1. The molecular formula is C11H20O4. The van der Waals surface area contributed by atoms with Crippen LogP contribution in [0.5, 0.6) is 0 Å². The average Bonchev–Trinajstić information content (AvgIpc) is 2.46. The van der Waals surface area contributed by atoms with Crippen LogP contribution in [0, 0.1) is 5.92 Å². The summed E-state index contributed by atoms with van der Waals surface area (Å²) in [6, 6.07) is 0. The van der Waals surface area contributed by atoms with Crippen molar-refractivity contribution in [1.82, 2.24) is 0 Å². The molecule has 1 rings (SSSR count). The summed E-state index contributed by atoms with van der Waals surface area (Å²) in [5.41, 5.74) is 0.748. The van der Waals surface area contributed by atoms with Gasteiger partial charge in [0.2, 0.25) is 0 Å². The molecule has 0 aromatic heterocycles. The van der Waals surface area contributed by atoms with Crippen LogP contribution in [0.25, 0.3) is 0 Å². The van der Waals surface area contributed by atoms with E-state index in [-0.39, 0.29) is 12.5 Å². The quantitative estimate of drug-likeness (QED) is 0.679. The van der Waals surface area contributed by atoms with Gasteiger partial charge in [0.15, 0.2) is 5.79 Å². The summed E-state index contributed by atoms with van der Waals surface area (Å²) in [6.45, 7) is 9.34. The summed E-state index contributed by atoms with van der Waals surface area (Å²) in [4.78, 5) is 0. The van der Waals surface area contributed by atoms with Crippen molar-refractivity contribution in [1.29, 1.82) is 0 Å². The highest BCUT2D eigenvalue weighted by atomic mass is 16.7. The third kappa shape index (κ3) is 3.01. The largest absolute Gasteiger partial charge is 0.396 e. The minimum Gasteiger partial charge on any atom is -0.396 e. The third-order valence-corrected chi connectivity index (χ3v) is 2.65. The lowest BCUT2D eigenvalue weighted by atomic mass is 9.93. The van der Waals surface area contributed by atoms with E-state index in [0.717, 1.165) is 5.57 Å². The van der Waals surface area contributed by atoms with Crippen LogP contribution in [-0.4, -0.2) is 41.4 Å². The first-order chi connectivity index (χ1) is 6.87. The van der Waals surface area contributed by atoms with E-state index in [1.807, 2.05) is 0 Å². The molecule has 0 aliphatic carbocycles. The second kappa shape index (κ2) is 4.61. The van der Waals surface area contributed by atoms with Gasteiger partial charge in [-0.05, 0) is 20.8 Å². The molecule has 0 aromatic rings. The summed E-state index contributed by atoms with van der Waals surface area (Å²) in [5, 5.41) is 19.1. The van der Waals surface area contributed by atoms with E-state index >= 15 is 0 Å². The maximum atomic E-state index is 9.99. The molecule has 0 radical (unpaired) electrons. The van der Waals surface area contributed by atoms with Gasteiger partial charge in [-0.25, -0.2) is 0 Å². The van der Waals surface area contributed by atoms with Crippen LogP contribution in [0.4, 0.5) is 0 Å². The minimum atomic E-state index is -0.769. The summed E-state index contributed by atoms with van der Waals surface area (Å²) < 4.78 is 10.9. The Hall–Kier alpha value is -0.420. The fourth-order valence-electron chi connectivity index (χ4n) is 1.70. The first-order valence-electron chi connectivity index (χ1n) is 5.13. The SMILES string of the molecule is C=C(C)[C@@H](CO)[C@H](O)[C@H]1COC(C)(C)O1. The molecule has 0 unspecified atom stereocenters. The summed E-state index contributed by atoms with van der Waals surface area (Å²) in [7, 11) is 0. The molecule has 4 nitrogen and oxygen atoms in total. The van der Waals surface area contributed by atoms with E-state index in [1.54, 1.807) is 20.8 Å². The van der Waals surface area contributed by atoms with Crippen molar-refractivity contribution in [2.75, 3.05) is 13.2 Å². The van der Waals surface area contributed by atoms with Gasteiger partial charge in [0.25, 0.3) is 0 Å². The van der Waals surface area contributed by atoms with Gasteiger partial charge in [-0.15, -0.1) is 0 Å². The average molecular weight is 216 g/mol. The van der Waals surface area contributed by atoms with E-state index in [0.29, 0.717) is 6.61 Å². The summed E-state index contributed by atoms with van der Waals surface area (Å²) >= 11 is 0. The predicted molar refractivity (Wildman–Crippen MR) is 56.3 cm³/mol. The Morgan fingerprint density at radius 3 is 2.53 bits per heavy atom. The highest BCUT2D eigenvalue weighted by Crippen LogP contribution is 2.28. The molecule has 1 heterocycles. The molecule has 88 valence electrons. The Morgan fingerprint density at radius 1 is 1.60 bits per heavy atom. The number of hydrogen-bond donors (Lipinski definition) is 2. The number of rotatable bonds is 4. The van der Waals surface area contributed by atoms with Gasteiger partial charge in [0, 0.05) is 5.92 Å². The Labute approximate surface area is 90.5 Å². The second-order valence-corrected chi connectivity index (χ2v) is 4.49. The molecule has 3 atom stereocenters. The fourth-order valence-corrected chi connectivity index (χ4v) is 1.70. The zero-order chi connectivity index (χ0) is 11.6. The Balaban J connectivity index is 2.61. The van der Waals surface area contributed by atoms with Crippen molar-refractivity contribution in [3.05, 3.63) is 12.2 Å². The van der Waals surface area contributed by atoms with Gasteiger partial charge in [-0.1, -0.05) is 12.2 Å². The van der Waals surface area contributed by atoms with Crippen LogP contribution < -0.4 is 0 Å². The zero-order valence-corrected chi connectivity index (χ0v) is 9.56. The topological polar surface area (TPSA) is 58.9 Å². The molecule has 2 N–H and O–H groups in total. The second-order valence-electron chi connectivity index (χ2n) is 4.49. The molecule has 4 heteroatoms. The highest BCUT2D eigenvalue weighted by Gasteiger charge is 2.39. The van der Waals surface area contributed by atoms with E-state index in [4.69, 9.17) is 14.6 Å². The first kappa shape index (κ1) is 12.6. The first-order valence-corrected chi connectivity index (χ1v) is 5.13. The van der Waals surface area contributed by atoms with Gasteiger partial charge < -0.3 is 19.7 Å². The molecule has 0 amide bonds. The number of aliphatic hydroxyl groups excluding tert-OH is 2. The molecule has 0 aromatic carbocycles. The molecular weight excluding hydrogens is 196 g/mol. The van der Waals surface area contributed by atoms with Gasteiger partial charge >= 0.3 is 0 Å². The lowest BCUT2D eigenvalue weighted by molar-refractivity contribution is -0.155. The summed E-state index contributed by atoms with van der Waals surface area (Å²) in [5.74, 6) is -1.01. The van der Waals surface area contributed by atoms with Crippen molar-refractivity contribution in [2.24, 2.45) is 5.92 Å². The van der Waals surface area contributed by atoms with Crippen molar-refractivity contribution in [3.8, 4) is 0 Å². The Bertz CT molecular complexity index is 237. The van der Waals surface area contributed by atoms with E-state index in [9.17, 15) is 5.11 Å². The fraction of sp³-hybridized carbons (Fsp3) is 0.818. The highest BCUT2D eigenvalue weighted by molar-refractivity contribution is 5.01. The van der Waals surface area contributed by atoms with Gasteiger partial charge in [0.1, 0.15) is 6.10 Å². The predicted octanol–water partition coefficient (Wildman–Crippen LogP) is 0.683. The smallest absolute Gasteiger partial charge is 0.163 e. The summed E-state index contributed by atoms with van der Waals surface area (Å²) in [6.07, 6.45) is -1.16. The molecule has 1 aliphatic rings. The molecule has 1 fully saturated rings. The molecule has 1 saturated heterocycles. The van der Waals surface area contributed by atoms with Gasteiger partial charge in [-0.2, -0.15) is 0 Å². The van der Waals surface area contributed by atoms with Gasteiger partial charge in [-0.3, -0.25) is 0 Å². The van der Waals surface area contributed by atoms with Crippen LogP contribution in [0.3, 0.4) is 0 Å². The maximum absolute atomic E-state index is 9.99. The van der Waals surface area contributed by atoms with E-state index in [2.05, 4.69) is 6.58 Å². The Kier molecular flexibility index (Phi) is 3.89.